The number of hydrogen-bond donors (Lipinski definition) is 3. The van der Waals surface area contributed by atoms with Crippen LogP contribution in [0.3, 0.4) is 0 Å². The zero-order chi connectivity index (χ0) is 16.2. The molecule has 1 fully saturated rings. The van der Waals surface area contributed by atoms with Crippen LogP contribution in [0, 0.1) is 11.8 Å². The number of aromatic hydroxyl groups is 1. The normalized spacial score (nSPS) is 36.3. The second-order valence-electron chi connectivity index (χ2n) is 5.70. The van der Waals surface area contributed by atoms with Crippen molar-refractivity contribution < 1.29 is 34.4 Å². The highest BCUT2D eigenvalue weighted by molar-refractivity contribution is 6.07. The monoisotopic (exact) mass is 308 g/mol. The Morgan fingerprint density at radius 3 is 2.73 bits per heavy atom. The van der Waals surface area contributed by atoms with E-state index in [1.54, 1.807) is 6.92 Å². The fraction of sp³-hybridized carbons (Fsp3) is 0.467. The predicted molar refractivity (Wildman–Crippen MR) is 72.5 cm³/mol. The minimum absolute atomic E-state index is 0.104. The quantitative estimate of drug-likeness (QED) is 0.619. The Hall–Kier alpha value is -2.12. The molecule has 0 aromatic heterocycles. The number of carbonyl (C=O) groups is 2. The zero-order valence-electron chi connectivity index (χ0n) is 12.0. The Balaban J connectivity index is 2.17. The third-order valence-electron chi connectivity index (χ3n) is 4.58. The fourth-order valence-corrected chi connectivity index (χ4v) is 3.42. The lowest BCUT2D eigenvalue weighted by Crippen LogP contribution is -2.56. The van der Waals surface area contributed by atoms with Crippen molar-refractivity contribution in [2.45, 2.75) is 24.7 Å². The van der Waals surface area contributed by atoms with E-state index >= 15 is 0 Å². The molecule has 22 heavy (non-hydrogen) atoms. The molecule has 0 radical (unpaired) electrons. The van der Waals surface area contributed by atoms with E-state index in [0.29, 0.717) is 0 Å². The number of aliphatic hydroxyl groups excluding tert-OH is 1. The number of Topliss-reactive ketones (excluding diaryl/α,β-unsaturated/α-hetero) is 1. The molecule has 3 rings (SSSR count). The number of esters is 1. The molecule has 2 aliphatic rings. The van der Waals surface area contributed by atoms with Gasteiger partial charge in [0.2, 0.25) is 5.60 Å². The van der Waals surface area contributed by atoms with E-state index in [1.165, 1.54) is 18.2 Å². The predicted octanol–water partition coefficient (Wildman–Crippen LogP) is -0.133. The lowest BCUT2D eigenvalue weighted by atomic mass is 9.80. The minimum Gasteiger partial charge on any atom is -0.507 e. The maximum Gasteiger partial charge on any atom is 0.341 e. The van der Waals surface area contributed by atoms with Crippen molar-refractivity contribution in [1.29, 1.82) is 0 Å². The molecule has 1 saturated carbocycles. The number of ether oxygens (including phenoxy) is 2. The number of rotatable bonds is 1. The standard InChI is InChI=1S/C15H16O7/c1-6-12-10(15(20,13(6)18)14(19)21-2)11(17)9-7(16)4-3-5-8(9)22-12/h3-6,10,12-13,16,18,20H,1-2H3/t6-,10+,12+,13-,15+/m0/s1. The van der Waals surface area contributed by atoms with E-state index in [-0.39, 0.29) is 17.1 Å². The van der Waals surface area contributed by atoms with Crippen molar-refractivity contribution >= 4 is 11.8 Å². The first-order valence-corrected chi connectivity index (χ1v) is 6.85. The summed E-state index contributed by atoms with van der Waals surface area (Å²) in [5.41, 5.74) is -2.51. The molecule has 1 aromatic rings. The summed E-state index contributed by atoms with van der Waals surface area (Å²) in [6.45, 7) is 1.57. The number of fused-ring (bicyclic) bond motifs is 2. The molecule has 0 saturated heterocycles. The number of carbonyl (C=O) groups excluding carboxylic acids is 2. The van der Waals surface area contributed by atoms with E-state index in [1.807, 2.05) is 0 Å². The minimum atomic E-state index is -2.41. The molecule has 0 unspecified atom stereocenters. The summed E-state index contributed by atoms with van der Waals surface area (Å²) >= 11 is 0. The molecule has 1 heterocycles. The number of phenols is 1. The molecule has 3 N–H and O–H groups in total. The van der Waals surface area contributed by atoms with Gasteiger partial charge in [0.15, 0.2) is 5.78 Å². The van der Waals surface area contributed by atoms with Gasteiger partial charge in [-0.05, 0) is 12.1 Å². The SMILES string of the molecule is COC(=O)[C@@]1(O)[C@@H]2C(=O)c3c(O)cccc3O[C@@H]2[C@H](C)[C@@H]1O. The molecule has 7 nitrogen and oxygen atoms in total. The van der Waals surface area contributed by atoms with Gasteiger partial charge < -0.3 is 24.8 Å². The van der Waals surface area contributed by atoms with E-state index < -0.39 is 41.4 Å². The van der Waals surface area contributed by atoms with Crippen LogP contribution in [0.2, 0.25) is 0 Å². The van der Waals surface area contributed by atoms with E-state index in [2.05, 4.69) is 4.74 Å². The van der Waals surface area contributed by atoms with Crippen LogP contribution in [-0.2, 0) is 9.53 Å². The van der Waals surface area contributed by atoms with E-state index in [0.717, 1.165) is 7.11 Å². The summed E-state index contributed by atoms with van der Waals surface area (Å²) in [4.78, 5) is 24.7. The number of phenolic OH excluding ortho intramolecular Hbond substituents is 1. The number of benzene rings is 1. The molecule has 1 aliphatic carbocycles. The third-order valence-corrected chi connectivity index (χ3v) is 4.58. The van der Waals surface area contributed by atoms with Crippen LogP contribution in [0.5, 0.6) is 11.5 Å². The number of ketones is 1. The molecule has 118 valence electrons. The Kier molecular flexibility index (Phi) is 3.15. The van der Waals surface area contributed by atoms with Gasteiger partial charge in [-0.3, -0.25) is 4.79 Å². The molecular formula is C15H16O7. The summed E-state index contributed by atoms with van der Waals surface area (Å²) in [5, 5.41) is 30.8. The van der Waals surface area contributed by atoms with E-state index in [4.69, 9.17) is 4.74 Å². The van der Waals surface area contributed by atoms with Crippen molar-refractivity contribution in [3.63, 3.8) is 0 Å². The molecule has 0 spiro atoms. The smallest absolute Gasteiger partial charge is 0.341 e. The largest absolute Gasteiger partial charge is 0.507 e. The lowest BCUT2D eigenvalue weighted by Gasteiger charge is -2.34. The Bertz CT molecular complexity index is 655. The maximum absolute atomic E-state index is 12.7. The van der Waals surface area contributed by atoms with Gasteiger partial charge in [-0.15, -0.1) is 0 Å². The van der Waals surface area contributed by atoms with Crippen LogP contribution in [-0.4, -0.2) is 52.0 Å². The number of hydrogen-bond acceptors (Lipinski definition) is 7. The van der Waals surface area contributed by atoms with Crippen molar-refractivity contribution in [2.24, 2.45) is 11.8 Å². The van der Waals surface area contributed by atoms with Gasteiger partial charge in [0.25, 0.3) is 0 Å². The zero-order valence-corrected chi connectivity index (χ0v) is 12.0. The molecule has 1 aliphatic heterocycles. The number of methoxy groups -OCH3 is 1. The first-order valence-electron chi connectivity index (χ1n) is 6.85. The summed E-state index contributed by atoms with van der Waals surface area (Å²) in [6.07, 6.45) is -2.41. The Labute approximate surface area is 126 Å². The van der Waals surface area contributed by atoms with Crippen LogP contribution in [0.1, 0.15) is 17.3 Å². The highest BCUT2D eigenvalue weighted by Crippen LogP contribution is 2.49. The second kappa shape index (κ2) is 4.69. The van der Waals surface area contributed by atoms with Gasteiger partial charge in [0, 0.05) is 5.92 Å². The van der Waals surface area contributed by atoms with Crippen LogP contribution in [0.4, 0.5) is 0 Å². The highest BCUT2D eigenvalue weighted by Gasteiger charge is 2.68. The van der Waals surface area contributed by atoms with Crippen LogP contribution in [0.25, 0.3) is 0 Å². The van der Waals surface area contributed by atoms with Gasteiger partial charge in [-0.1, -0.05) is 13.0 Å². The average Bonchev–Trinajstić information content (AvgIpc) is 2.69. The molecule has 1 aromatic carbocycles. The first-order chi connectivity index (χ1) is 10.3. The Morgan fingerprint density at radius 1 is 1.41 bits per heavy atom. The molecule has 0 bridgehead atoms. The lowest BCUT2D eigenvalue weighted by molar-refractivity contribution is -0.177. The molecule has 7 heteroatoms. The van der Waals surface area contributed by atoms with Crippen molar-refractivity contribution in [2.75, 3.05) is 7.11 Å². The molecule has 0 amide bonds. The van der Waals surface area contributed by atoms with Crippen LogP contribution in [0.15, 0.2) is 18.2 Å². The highest BCUT2D eigenvalue weighted by atomic mass is 16.5. The van der Waals surface area contributed by atoms with E-state index in [9.17, 15) is 24.9 Å². The summed E-state index contributed by atoms with van der Waals surface area (Å²) in [6, 6.07) is 4.34. The van der Waals surface area contributed by atoms with Gasteiger partial charge >= 0.3 is 5.97 Å². The van der Waals surface area contributed by atoms with Gasteiger partial charge in [0.05, 0.1) is 7.11 Å². The fourth-order valence-electron chi connectivity index (χ4n) is 3.42. The van der Waals surface area contributed by atoms with Crippen molar-refractivity contribution in [3.8, 4) is 11.5 Å². The molecule has 5 atom stereocenters. The summed E-state index contributed by atoms with van der Waals surface area (Å²) < 4.78 is 10.2. The van der Waals surface area contributed by atoms with Crippen LogP contribution >= 0.6 is 0 Å². The van der Waals surface area contributed by atoms with Gasteiger partial charge in [0.1, 0.15) is 35.2 Å². The summed E-state index contributed by atoms with van der Waals surface area (Å²) in [7, 11) is 1.06. The maximum atomic E-state index is 12.7. The van der Waals surface area contributed by atoms with Gasteiger partial charge in [-0.2, -0.15) is 0 Å². The van der Waals surface area contributed by atoms with Crippen LogP contribution < -0.4 is 4.74 Å². The van der Waals surface area contributed by atoms with Gasteiger partial charge in [-0.25, -0.2) is 4.79 Å². The Morgan fingerprint density at radius 2 is 2.09 bits per heavy atom. The third kappa shape index (κ3) is 1.63. The average molecular weight is 308 g/mol. The van der Waals surface area contributed by atoms with Crippen molar-refractivity contribution in [3.05, 3.63) is 23.8 Å². The first kappa shape index (κ1) is 14.8. The second-order valence-corrected chi connectivity index (χ2v) is 5.70. The topological polar surface area (TPSA) is 113 Å². The number of aliphatic hydroxyl groups is 2. The van der Waals surface area contributed by atoms with Crippen molar-refractivity contribution in [1.82, 2.24) is 0 Å². The molecular weight excluding hydrogens is 292 g/mol. The summed E-state index contributed by atoms with van der Waals surface area (Å²) in [5.74, 6) is -3.91.